The third kappa shape index (κ3) is 6.01. The summed E-state index contributed by atoms with van der Waals surface area (Å²) in [5.74, 6) is 0.948. The standard InChI is InChI=1S/C51H42N2/c1-3-4-15-32-51(2)35-46(42-25-24-36-16-11-12-21-40(36)33-42)44-31-28-41(34-45(44)49(51)38-17-7-5-8-18-38)37-26-29-43(30-27-37)53-48-23-14-13-22-47(48)52-50(53)39-19-9-6-10-20-39/h4-31,33-34H,3,32,35H2,1-2H3/b15-4-. The predicted molar refractivity (Wildman–Crippen MR) is 223 cm³/mol. The molecule has 2 heteroatoms. The Morgan fingerprint density at radius 2 is 1.23 bits per heavy atom. The van der Waals surface area contributed by atoms with E-state index in [9.17, 15) is 0 Å². The molecule has 0 aliphatic heterocycles. The van der Waals surface area contributed by atoms with Gasteiger partial charge in [0.15, 0.2) is 0 Å². The number of allylic oxidation sites excluding steroid dienone is 2. The van der Waals surface area contributed by atoms with Crippen LogP contribution in [0.3, 0.4) is 0 Å². The summed E-state index contributed by atoms with van der Waals surface area (Å²) in [5.41, 5.74) is 12.0. The van der Waals surface area contributed by atoms with E-state index in [1.165, 1.54) is 54.6 Å². The number of rotatable bonds is 8. The fourth-order valence-electron chi connectivity index (χ4n) is 8.39. The first kappa shape index (κ1) is 32.6. The third-order valence-electron chi connectivity index (χ3n) is 11.0. The zero-order valence-electron chi connectivity index (χ0n) is 30.3. The first-order chi connectivity index (χ1) is 26.1. The molecule has 7 aromatic carbocycles. The molecule has 256 valence electrons. The summed E-state index contributed by atoms with van der Waals surface area (Å²) in [4.78, 5) is 5.07. The summed E-state index contributed by atoms with van der Waals surface area (Å²) in [7, 11) is 0. The lowest BCUT2D eigenvalue weighted by atomic mass is 9.67. The fraction of sp³-hybridized carbons (Fsp3) is 0.118. The number of aromatic nitrogens is 2. The van der Waals surface area contributed by atoms with Crippen molar-refractivity contribution in [1.29, 1.82) is 0 Å². The number of benzene rings is 7. The van der Waals surface area contributed by atoms with Crippen molar-refractivity contribution in [3.05, 3.63) is 204 Å². The van der Waals surface area contributed by atoms with E-state index in [2.05, 4.69) is 200 Å². The lowest BCUT2D eigenvalue weighted by Gasteiger charge is -2.37. The lowest BCUT2D eigenvalue weighted by molar-refractivity contribution is 0.459. The van der Waals surface area contributed by atoms with Crippen LogP contribution in [-0.4, -0.2) is 9.55 Å². The van der Waals surface area contributed by atoms with Crippen molar-refractivity contribution in [3.63, 3.8) is 0 Å². The van der Waals surface area contributed by atoms with Crippen LogP contribution in [-0.2, 0) is 0 Å². The number of hydrogen-bond donors (Lipinski definition) is 0. The maximum atomic E-state index is 5.07. The van der Waals surface area contributed by atoms with Gasteiger partial charge in [0.25, 0.3) is 0 Å². The molecule has 0 saturated carbocycles. The van der Waals surface area contributed by atoms with Gasteiger partial charge in [-0.25, -0.2) is 4.98 Å². The second-order valence-corrected chi connectivity index (χ2v) is 14.5. The average Bonchev–Trinajstić information content (AvgIpc) is 3.61. The van der Waals surface area contributed by atoms with Crippen LogP contribution in [0.2, 0.25) is 0 Å². The zero-order chi connectivity index (χ0) is 35.8. The minimum atomic E-state index is -0.0974. The van der Waals surface area contributed by atoms with Gasteiger partial charge in [-0.2, -0.15) is 0 Å². The van der Waals surface area contributed by atoms with Gasteiger partial charge in [0, 0.05) is 16.7 Å². The molecule has 0 spiro atoms. The second kappa shape index (κ2) is 13.7. The van der Waals surface area contributed by atoms with Crippen LogP contribution in [0.4, 0.5) is 0 Å². The maximum absolute atomic E-state index is 5.07. The van der Waals surface area contributed by atoms with E-state index in [4.69, 9.17) is 4.98 Å². The highest BCUT2D eigenvalue weighted by atomic mass is 15.1. The predicted octanol–water partition coefficient (Wildman–Crippen LogP) is 11.7. The molecule has 2 nitrogen and oxygen atoms in total. The van der Waals surface area contributed by atoms with Crippen molar-refractivity contribution in [2.45, 2.75) is 33.1 Å². The van der Waals surface area contributed by atoms with Crippen molar-refractivity contribution in [3.8, 4) is 28.2 Å². The van der Waals surface area contributed by atoms with Gasteiger partial charge in [-0.1, -0.05) is 159 Å². The summed E-state index contributed by atoms with van der Waals surface area (Å²) in [6.07, 6.45) is 7.70. The highest BCUT2D eigenvalue weighted by Crippen LogP contribution is 2.45. The molecule has 1 unspecified atom stereocenters. The van der Waals surface area contributed by atoms with E-state index in [-0.39, 0.29) is 5.41 Å². The van der Waals surface area contributed by atoms with Gasteiger partial charge in [0.05, 0.1) is 11.0 Å². The molecule has 1 aliphatic carbocycles. The molecule has 0 saturated heterocycles. The molecule has 1 aromatic heterocycles. The van der Waals surface area contributed by atoms with Gasteiger partial charge in [-0.15, -0.1) is 0 Å². The van der Waals surface area contributed by atoms with Crippen LogP contribution in [0.5, 0.6) is 0 Å². The Balaban J connectivity index is 1.24. The number of para-hydroxylation sites is 2. The monoisotopic (exact) mass is 682 g/mol. The number of fused-ring (bicyclic) bond motifs is 3. The maximum Gasteiger partial charge on any atom is 0.145 e. The zero-order valence-corrected chi connectivity index (χ0v) is 30.3. The largest absolute Gasteiger partial charge is 0.292 e. The Hall–Kier alpha value is -6.25. The molecule has 0 N–H and O–H groups in total. The van der Waals surface area contributed by atoms with Crippen molar-refractivity contribution < 1.29 is 0 Å². The SMILES string of the molecule is CC/C=C\CC1(C)CC(c2ccc3ccccc3c2)=c2ccc(-c3ccc(-n4c(-c5ccccc5)nc5ccccc54)cc3)cc2=C1c1ccccc1. The smallest absolute Gasteiger partial charge is 0.145 e. The molecule has 8 aromatic rings. The van der Waals surface area contributed by atoms with Crippen molar-refractivity contribution in [2.75, 3.05) is 0 Å². The first-order valence-electron chi connectivity index (χ1n) is 18.8. The minimum absolute atomic E-state index is 0.0974. The highest BCUT2D eigenvalue weighted by molar-refractivity contribution is 5.88. The minimum Gasteiger partial charge on any atom is -0.292 e. The molecule has 0 amide bonds. The second-order valence-electron chi connectivity index (χ2n) is 14.5. The van der Waals surface area contributed by atoms with Gasteiger partial charge in [-0.3, -0.25) is 4.57 Å². The highest BCUT2D eigenvalue weighted by Gasteiger charge is 2.34. The normalized spacial score (nSPS) is 15.7. The van der Waals surface area contributed by atoms with Crippen LogP contribution in [0.15, 0.2) is 182 Å². The third-order valence-corrected chi connectivity index (χ3v) is 11.0. The van der Waals surface area contributed by atoms with Crippen LogP contribution >= 0.6 is 0 Å². The van der Waals surface area contributed by atoms with Crippen LogP contribution in [0.25, 0.3) is 61.2 Å². The first-order valence-corrected chi connectivity index (χ1v) is 18.8. The molecule has 0 radical (unpaired) electrons. The molecule has 53 heavy (non-hydrogen) atoms. The van der Waals surface area contributed by atoms with Crippen LogP contribution in [0, 0.1) is 5.41 Å². The molecular formula is C51H42N2. The van der Waals surface area contributed by atoms with Gasteiger partial charge in [0.2, 0.25) is 0 Å². The van der Waals surface area contributed by atoms with E-state index in [0.717, 1.165) is 47.4 Å². The Kier molecular flexibility index (Phi) is 8.44. The lowest BCUT2D eigenvalue weighted by Crippen LogP contribution is -2.40. The molecule has 0 bridgehead atoms. The van der Waals surface area contributed by atoms with Gasteiger partial charge < -0.3 is 0 Å². The Morgan fingerprint density at radius 1 is 0.566 bits per heavy atom. The Labute approximate surface area is 311 Å². The van der Waals surface area contributed by atoms with Crippen molar-refractivity contribution >= 4 is 33.0 Å². The fourth-order valence-corrected chi connectivity index (χ4v) is 8.39. The molecule has 1 atom stereocenters. The molecular weight excluding hydrogens is 641 g/mol. The van der Waals surface area contributed by atoms with Gasteiger partial charge in [-0.05, 0) is 110 Å². The number of nitrogens with zero attached hydrogens (tertiary/aromatic N) is 2. The summed E-state index contributed by atoms with van der Waals surface area (Å²) >= 11 is 0. The Bertz CT molecular complexity index is 2750. The topological polar surface area (TPSA) is 17.8 Å². The Morgan fingerprint density at radius 3 is 2.00 bits per heavy atom. The molecule has 0 fully saturated rings. The quantitative estimate of drug-likeness (QED) is 0.146. The van der Waals surface area contributed by atoms with Crippen molar-refractivity contribution in [1.82, 2.24) is 9.55 Å². The van der Waals surface area contributed by atoms with E-state index in [1.807, 2.05) is 0 Å². The average molecular weight is 683 g/mol. The van der Waals surface area contributed by atoms with E-state index >= 15 is 0 Å². The van der Waals surface area contributed by atoms with Crippen LogP contribution < -0.4 is 10.4 Å². The van der Waals surface area contributed by atoms with E-state index < -0.39 is 0 Å². The van der Waals surface area contributed by atoms with Gasteiger partial charge in [0.1, 0.15) is 5.82 Å². The van der Waals surface area contributed by atoms with E-state index in [1.54, 1.807) is 0 Å². The van der Waals surface area contributed by atoms with Crippen LogP contribution in [0.1, 0.15) is 44.2 Å². The summed E-state index contributed by atoms with van der Waals surface area (Å²) in [6.45, 7) is 4.69. The summed E-state index contributed by atoms with van der Waals surface area (Å²) in [5, 5.41) is 5.21. The molecule has 1 aliphatic rings. The summed E-state index contributed by atoms with van der Waals surface area (Å²) < 4.78 is 2.28. The van der Waals surface area contributed by atoms with Crippen molar-refractivity contribution in [2.24, 2.45) is 5.41 Å². The molecule has 1 heterocycles. The summed E-state index contributed by atoms with van der Waals surface area (Å²) in [6, 6.07) is 61.8. The van der Waals surface area contributed by atoms with E-state index in [0.29, 0.717) is 0 Å². The number of imidazole rings is 1. The van der Waals surface area contributed by atoms with Gasteiger partial charge >= 0.3 is 0 Å². The number of hydrogen-bond acceptors (Lipinski definition) is 1. The molecule has 9 rings (SSSR count).